The fourth-order valence-electron chi connectivity index (χ4n) is 7.12. The Morgan fingerprint density at radius 2 is 1.73 bits per heavy atom. The van der Waals surface area contributed by atoms with Crippen molar-refractivity contribution in [3.8, 4) is 5.75 Å². The number of rotatable bonds is 4. The van der Waals surface area contributed by atoms with Crippen LogP contribution < -0.4 is 4.74 Å². The molecule has 3 aliphatic rings. The van der Waals surface area contributed by atoms with E-state index in [4.69, 9.17) is 4.74 Å². The number of aromatic amines is 1. The summed E-state index contributed by atoms with van der Waals surface area (Å²) in [4.78, 5) is 35.4. The number of fused-ring (bicyclic) bond motifs is 6. The lowest BCUT2D eigenvalue weighted by Gasteiger charge is -2.47. The summed E-state index contributed by atoms with van der Waals surface area (Å²) in [6.45, 7) is 3.05. The zero-order chi connectivity index (χ0) is 25.1. The Morgan fingerprint density at radius 1 is 0.973 bits per heavy atom. The molecule has 3 aliphatic heterocycles. The smallest absolute Gasteiger partial charge is 0.249 e. The van der Waals surface area contributed by atoms with Gasteiger partial charge < -0.3 is 19.5 Å². The number of carbonyl (C=O) groups is 2. The van der Waals surface area contributed by atoms with Crippen molar-refractivity contribution in [2.45, 2.75) is 30.8 Å². The predicted octanol–water partition coefficient (Wildman–Crippen LogP) is 4.69. The first-order chi connectivity index (χ1) is 18.1. The van der Waals surface area contributed by atoms with Crippen molar-refractivity contribution in [3.63, 3.8) is 0 Å². The molecule has 0 saturated carbocycles. The standard InChI is InChI=1S/C31H29N3O3/c1-31-28(20-9-3-2-4-10-20)24-19-37-26-14-8-6-12-23(26)29(24)34(31)27(35)18-33(30(31)36)16-15-21-17-32-25-13-7-5-11-22(21)25/h2-14,17,24,28-29,32H,15-16,18-19H2,1H3/t24-,28+,29+,31-/m1/s1. The minimum atomic E-state index is -0.993. The van der Waals surface area contributed by atoms with Gasteiger partial charge in [-0.1, -0.05) is 66.7 Å². The Morgan fingerprint density at radius 3 is 2.59 bits per heavy atom. The molecular formula is C31H29N3O3. The second kappa shape index (κ2) is 8.23. The number of benzene rings is 3. The number of aromatic nitrogens is 1. The van der Waals surface area contributed by atoms with Crippen LogP contribution in [0, 0.1) is 5.92 Å². The van der Waals surface area contributed by atoms with Gasteiger partial charge in [-0.25, -0.2) is 0 Å². The predicted molar refractivity (Wildman–Crippen MR) is 141 cm³/mol. The minimum absolute atomic E-state index is 0.00570. The van der Waals surface area contributed by atoms with Crippen LogP contribution in [-0.2, 0) is 16.0 Å². The average Bonchev–Trinajstić information content (AvgIpc) is 3.47. The molecule has 0 bridgehead atoms. The van der Waals surface area contributed by atoms with Gasteiger partial charge in [-0.15, -0.1) is 0 Å². The lowest BCUT2D eigenvalue weighted by molar-refractivity contribution is -0.163. The molecule has 4 atom stereocenters. The van der Waals surface area contributed by atoms with Crippen LogP contribution in [0.25, 0.3) is 10.9 Å². The summed E-state index contributed by atoms with van der Waals surface area (Å²) >= 11 is 0. The molecule has 0 radical (unpaired) electrons. The van der Waals surface area contributed by atoms with E-state index in [1.165, 1.54) is 0 Å². The summed E-state index contributed by atoms with van der Waals surface area (Å²) in [6.07, 6.45) is 2.70. The molecule has 2 amide bonds. The number of piperazine rings is 1. The number of para-hydroxylation sites is 2. The van der Waals surface area contributed by atoms with Gasteiger partial charge in [0.2, 0.25) is 11.8 Å². The fourth-order valence-corrected chi connectivity index (χ4v) is 7.12. The third-order valence-corrected chi connectivity index (χ3v) is 8.69. The van der Waals surface area contributed by atoms with Gasteiger partial charge in [-0.05, 0) is 36.6 Å². The molecular weight excluding hydrogens is 462 g/mol. The number of ether oxygens (including phenoxy) is 1. The summed E-state index contributed by atoms with van der Waals surface area (Å²) in [5, 5.41) is 1.16. The number of hydrogen-bond donors (Lipinski definition) is 1. The van der Waals surface area contributed by atoms with Gasteiger partial charge in [0.15, 0.2) is 0 Å². The Labute approximate surface area is 215 Å². The van der Waals surface area contributed by atoms with Crippen molar-refractivity contribution in [1.82, 2.24) is 14.8 Å². The molecule has 1 aromatic heterocycles. The quantitative estimate of drug-likeness (QED) is 0.451. The van der Waals surface area contributed by atoms with Gasteiger partial charge in [0.1, 0.15) is 11.3 Å². The molecule has 2 saturated heterocycles. The molecule has 4 heterocycles. The van der Waals surface area contributed by atoms with Crippen molar-refractivity contribution in [1.29, 1.82) is 0 Å². The second-order valence-corrected chi connectivity index (χ2v) is 10.6. The summed E-state index contributed by atoms with van der Waals surface area (Å²) in [5.74, 6) is 0.656. The summed E-state index contributed by atoms with van der Waals surface area (Å²) in [6, 6.07) is 26.1. The van der Waals surface area contributed by atoms with Gasteiger partial charge in [-0.2, -0.15) is 0 Å². The highest BCUT2D eigenvalue weighted by molar-refractivity contribution is 6.00. The van der Waals surface area contributed by atoms with E-state index in [1.807, 2.05) is 72.6 Å². The Balaban J connectivity index is 1.28. The number of H-pyrrole nitrogens is 1. The van der Waals surface area contributed by atoms with E-state index in [0.29, 0.717) is 19.6 Å². The molecule has 6 nitrogen and oxygen atoms in total. The van der Waals surface area contributed by atoms with Crippen molar-refractivity contribution in [2.75, 3.05) is 19.7 Å². The fraction of sp³-hybridized carbons (Fsp3) is 0.290. The third kappa shape index (κ3) is 3.18. The number of nitrogens with one attached hydrogen (secondary N) is 1. The van der Waals surface area contributed by atoms with Crippen LogP contribution in [-0.4, -0.2) is 51.8 Å². The summed E-state index contributed by atoms with van der Waals surface area (Å²) in [7, 11) is 0. The lowest BCUT2D eigenvalue weighted by atomic mass is 9.73. The van der Waals surface area contributed by atoms with Crippen LogP contribution in [0.2, 0.25) is 0 Å². The zero-order valence-electron chi connectivity index (χ0n) is 20.8. The topological polar surface area (TPSA) is 65.6 Å². The maximum Gasteiger partial charge on any atom is 0.249 e. The highest BCUT2D eigenvalue weighted by Gasteiger charge is 2.66. The van der Waals surface area contributed by atoms with E-state index < -0.39 is 5.54 Å². The number of carbonyl (C=O) groups excluding carboxylic acids is 2. The maximum atomic E-state index is 14.4. The number of hydrogen-bond acceptors (Lipinski definition) is 3. The van der Waals surface area contributed by atoms with E-state index in [9.17, 15) is 9.59 Å². The zero-order valence-corrected chi connectivity index (χ0v) is 20.8. The lowest BCUT2D eigenvalue weighted by Crippen LogP contribution is -2.66. The Kier molecular flexibility index (Phi) is 4.93. The minimum Gasteiger partial charge on any atom is -0.493 e. The van der Waals surface area contributed by atoms with Crippen molar-refractivity contribution < 1.29 is 14.3 Å². The van der Waals surface area contributed by atoms with Gasteiger partial charge >= 0.3 is 0 Å². The van der Waals surface area contributed by atoms with Gasteiger partial charge in [-0.3, -0.25) is 9.59 Å². The van der Waals surface area contributed by atoms with Crippen molar-refractivity contribution >= 4 is 22.7 Å². The van der Waals surface area contributed by atoms with Crippen molar-refractivity contribution in [2.24, 2.45) is 5.92 Å². The molecule has 3 aromatic carbocycles. The molecule has 0 spiro atoms. The number of amides is 2. The highest BCUT2D eigenvalue weighted by Crippen LogP contribution is 2.59. The molecule has 4 aromatic rings. The molecule has 1 N–H and O–H groups in total. The molecule has 0 aliphatic carbocycles. The molecule has 2 fully saturated rings. The molecule has 6 heteroatoms. The highest BCUT2D eigenvalue weighted by atomic mass is 16.5. The van der Waals surface area contributed by atoms with Crippen LogP contribution in [0.5, 0.6) is 5.75 Å². The van der Waals surface area contributed by atoms with Crippen molar-refractivity contribution in [3.05, 3.63) is 102 Å². The first kappa shape index (κ1) is 22.2. The first-order valence-corrected chi connectivity index (χ1v) is 13.0. The van der Waals surface area contributed by atoms with Gasteiger partial charge in [0.25, 0.3) is 0 Å². The first-order valence-electron chi connectivity index (χ1n) is 13.0. The van der Waals surface area contributed by atoms with Crippen LogP contribution in [0.3, 0.4) is 0 Å². The van der Waals surface area contributed by atoms with Crippen LogP contribution in [0.4, 0.5) is 0 Å². The molecule has 186 valence electrons. The number of nitrogens with zero attached hydrogens (tertiary/aromatic N) is 2. The monoisotopic (exact) mass is 491 g/mol. The molecule has 7 rings (SSSR count). The van der Waals surface area contributed by atoms with Crippen LogP contribution in [0.15, 0.2) is 85.1 Å². The van der Waals surface area contributed by atoms with E-state index in [1.54, 1.807) is 4.90 Å². The Bertz CT molecular complexity index is 1510. The largest absolute Gasteiger partial charge is 0.493 e. The van der Waals surface area contributed by atoms with Crippen LogP contribution in [0.1, 0.15) is 35.6 Å². The normalized spacial score (nSPS) is 26.6. The summed E-state index contributed by atoms with van der Waals surface area (Å²) < 4.78 is 6.21. The molecule has 0 unspecified atom stereocenters. The maximum absolute atomic E-state index is 14.4. The van der Waals surface area contributed by atoms with Gasteiger partial charge in [0, 0.05) is 41.0 Å². The van der Waals surface area contributed by atoms with E-state index in [0.717, 1.165) is 33.3 Å². The van der Waals surface area contributed by atoms with Crippen LogP contribution >= 0.6 is 0 Å². The second-order valence-electron chi connectivity index (χ2n) is 10.6. The third-order valence-electron chi connectivity index (χ3n) is 8.69. The summed E-state index contributed by atoms with van der Waals surface area (Å²) in [5.41, 5.74) is 3.32. The average molecular weight is 492 g/mol. The van der Waals surface area contributed by atoms with E-state index in [2.05, 4.69) is 29.2 Å². The van der Waals surface area contributed by atoms with Gasteiger partial charge in [0.05, 0.1) is 19.2 Å². The Hall–Kier alpha value is -4.06. The van der Waals surface area contributed by atoms with E-state index >= 15 is 0 Å². The SMILES string of the molecule is C[C@@]12C(=O)N(CCc3c[nH]c4ccccc34)CC(=O)N1[C@H]1c3ccccc3OC[C@@H]1[C@@H]2c1ccccc1. The molecule has 37 heavy (non-hydrogen) atoms. The van der Waals surface area contributed by atoms with E-state index in [-0.39, 0.29) is 36.2 Å².